The van der Waals surface area contributed by atoms with Crippen LogP contribution >= 0.6 is 0 Å². The number of hydrogen-bond donors (Lipinski definition) is 2. The van der Waals surface area contributed by atoms with Crippen molar-refractivity contribution in [2.24, 2.45) is 0 Å². The molecule has 2 fully saturated rings. The molecule has 2 saturated heterocycles. The van der Waals surface area contributed by atoms with E-state index >= 15 is 0 Å². The van der Waals surface area contributed by atoms with Gasteiger partial charge in [-0.1, -0.05) is 32.0 Å². The Balaban J connectivity index is 1.47. The van der Waals surface area contributed by atoms with Gasteiger partial charge in [0.25, 0.3) is 5.91 Å². The average Bonchev–Trinajstić information content (AvgIpc) is 2.98. The minimum atomic E-state index is -0.945. The highest BCUT2D eigenvalue weighted by atomic mass is 16.2. The zero-order chi connectivity index (χ0) is 22.6. The highest BCUT2D eigenvalue weighted by Gasteiger charge is 2.47. The summed E-state index contributed by atoms with van der Waals surface area (Å²) in [5.74, 6) is -0.709. The second-order valence-electron chi connectivity index (χ2n) is 8.22. The van der Waals surface area contributed by atoms with Crippen LogP contribution in [-0.4, -0.2) is 83.3 Å². The standard InChI is InChI=1S/C22H31N5O4/c1-4-16-8-6-7-9-17(16)23-18(28)14-25-10-12-26(13-11-25)19(29)15-27-20(30)22(3,5-2)24-21(27)31/h6-9H,4-5,10-15H2,1-3H3,(H,23,28)(H,24,31)/t22-/m0/s1. The van der Waals surface area contributed by atoms with Crippen molar-refractivity contribution in [1.82, 2.24) is 20.0 Å². The predicted molar refractivity (Wildman–Crippen MR) is 116 cm³/mol. The number of nitrogens with zero attached hydrogens (tertiary/aromatic N) is 3. The van der Waals surface area contributed by atoms with Crippen molar-refractivity contribution in [2.75, 3.05) is 44.6 Å². The molecule has 168 valence electrons. The first-order valence-electron chi connectivity index (χ1n) is 10.8. The van der Waals surface area contributed by atoms with E-state index in [0.717, 1.165) is 22.6 Å². The van der Waals surface area contributed by atoms with Gasteiger partial charge >= 0.3 is 6.03 Å². The number of amides is 5. The lowest BCUT2D eigenvalue weighted by Crippen LogP contribution is -2.53. The van der Waals surface area contributed by atoms with Crippen LogP contribution in [0.4, 0.5) is 10.5 Å². The summed E-state index contributed by atoms with van der Waals surface area (Å²) in [6.07, 6.45) is 1.30. The zero-order valence-corrected chi connectivity index (χ0v) is 18.4. The second kappa shape index (κ2) is 9.47. The van der Waals surface area contributed by atoms with Gasteiger partial charge in [0.05, 0.1) is 6.54 Å². The fourth-order valence-corrected chi connectivity index (χ4v) is 3.86. The van der Waals surface area contributed by atoms with Gasteiger partial charge in [0, 0.05) is 31.9 Å². The number of rotatable bonds is 7. The Morgan fingerprint density at radius 2 is 1.74 bits per heavy atom. The molecule has 0 saturated carbocycles. The third kappa shape index (κ3) is 5.04. The van der Waals surface area contributed by atoms with Gasteiger partial charge in [-0.3, -0.25) is 24.2 Å². The Morgan fingerprint density at radius 3 is 2.35 bits per heavy atom. The number of piperazine rings is 1. The number of hydrogen-bond acceptors (Lipinski definition) is 5. The summed E-state index contributed by atoms with van der Waals surface area (Å²) in [5, 5.41) is 5.62. The minimum absolute atomic E-state index is 0.0844. The number of nitrogens with one attached hydrogen (secondary N) is 2. The van der Waals surface area contributed by atoms with E-state index in [9.17, 15) is 19.2 Å². The molecule has 0 aliphatic carbocycles. The molecule has 9 heteroatoms. The van der Waals surface area contributed by atoms with E-state index in [4.69, 9.17) is 0 Å². The van der Waals surface area contributed by atoms with Crippen molar-refractivity contribution in [1.29, 1.82) is 0 Å². The molecule has 2 aliphatic rings. The summed E-state index contributed by atoms with van der Waals surface area (Å²) < 4.78 is 0. The summed E-state index contributed by atoms with van der Waals surface area (Å²) in [4.78, 5) is 54.3. The summed E-state index contributed by atoms with van der Waals surface area (Å²) in [6.45, 7) is 7.54. The van der Waals surface area contributed by atoms with Gasteiger partial charge in [-0.15, -0.1) is 0 Å². The van der Waals surface area contributed by atoms with E-state index in [0.29, 0.717) is 32.6 Å². The van der Waals surface area contributed by atoms with Crippen molar-refractivity contribution in [3.63, 3.8) is 0 Å². The molecule has 1 aromatic carbocycles. The lowest BCUT2D eigenvalue weighted by atomic mass is 9.99. The molecule has 9 nitrogen and oxygen atoms in total. The molecule has 0 radical (unpaired) electrons. The Labute approximate surface area is 182 Å². The average molecular weight is 430 g/mol. The smallest absolute Gasteiger partial charge is 0.325 e. The van der Waals surface area contributed by atoms with Crippen molar-refractivity contribution < 1.29 is 19.2 Å². The van der Waals surface area contributed by atoms with Gasteiger partial charge in [-0.25, -0.2) is 4.79 Å². The van der Waals surface area contributed by atoms with Gasteiger partial charge in [-0.2, -0.15) is 0 Å². The third-order valence-corrected chi connectivity index (χ3v) is 6.11. The first-order chi connectivity index (χ1) is 14.8. The number of aryl methyl sites for hydroxylation is 1. The van der Waals surface area contributed by atoms with Crippen LogP contribution in [0, 0.1) is 0 Å². The summed E-state index contributed by atoms with van der Waals surface area (Å²) in [6, 6.07) is 7.21. The van der Waals surface area contributed by atoms with Crippen LogP contribution in [0.3, 0.4) is 0 Å². The molecule has 1 aromatic rings. The van der Waals surface area contributed by atoms with E-state index < -0.39 is 11.6 Å². The lowest BCUT2D eigenvalue weighted by molar-refractivity contribution is -0.139. The number of carbonyl (C=O) groups is 4. The van der Waals surface area contributed by atoms with Gasteiger partial charge in [0.2, 0.25) is 11.8 Å². The van der Waals surface area contributed by atoms with Crippen LogP contribution in [0.5, 0.6) is 0 Å². The van der Waals surface area contributed by atoms with Crippen LogP contribution in [-0.2, 0) is 20.8 Å². The Morgan fingerprint density at radius 1 is 1.06 bits per heavy atom. The number of carbonyl (C=O) groups excluding carboxylic acids is 4. The van der Waals surface area contributed by atoms with Crippen molar-refractivity contribution in [3.8, 4) is 0 Å². The molecule has 3 rings (SSSR count). The van der Waals surface area contributed by atoms with Gasteiger partial charge in [0.1, 0.15) is 12.1 Å². The Hall–Kier alpha value is -2.94. The first-order valence-corrected chi connectivity index (χ1v) is 10.8. The van der Waals surface area contributed by atoms with Gasteiger partial charge in [0.15, 0.2) is 0 Å². The maximum absolute atomic E-state index is 12.6. The maximum atomic E-state index is 12.6. The quantitative estimate of drug-likeness (QED) is 0.631. The maximum Gasteiger partial charge on any atom is 0.325 e. The van der Waals surface area contributed by atoms with Crippen LogP contribution < -0.4 is 10.6 Å². The van der Waals surface area contributed by atoms with Crippen LogP contribution in [0.2, 0.25) is 0 Å². The number of benzene rings is 1. The fraction of sp³-hybridized carbons (Fsp3) is 0.545. The predicted octanol–water partition coefficient (Wildman–Crippen LogP) is 1.05. The fourth-order valence-electron chi connectivity index (χ4n) is 3.86. The highest BCUT2D eigenvalue weighted by molar-refractivity contribution is 6.08. The summed E-state index contributed by atoms with van der Waals surface area (Å²) in [5.41, 5.74) is 0.974. The van der Waals surface area contributed by atoms with E-state index in [1.807, 2.05) is 43.0 Å². The number of urea groups is 1. The van der Waals surface area contributed by atoms with Crippen molar-refractivity contribution in [3.05, 3.63) is 29.8 Å². The third-order valence-electron chi connectivity index (χ3n) is 6.11. The molecule has 2 N–H and O–H groups in total. The highest BCUT2D eigenvalue weighted by Crippen LogP contribution is 2.21. The Kier molecular flexibility index (Phi) is 6.94. The van der Waals surface area contributed by atoms with E-state index in [-0.39, 0.29) is 30.8 Å². The first kappa shape index (κ1) is 22.7. The molecule has 0 aromatic heterocycles. The van der Waals surface area contributed by atoms with Crippen LogP contribution in [0.25, 0.3) is 0 Å². The number of imide groups is 1. The second-order valence-corrected chi connectivity index (χ2v) is 8.22. The van der Waals surface area contributed by atoms with E-state index in [1.54, 1.807) is 11.8 Å². The molecule has 31 heavy (non-hydrogen) atoms. The number of para-hydroxylation sites is 1. The molecule has 1 atom stereocenters. The molecule has 2 aliphatic heterocycles. The van der Waals surface area contributed by atoms with Crippen molar-refractivity contribution in [2.45, 2.75) is 39.2 Å². The summed E-state index contributed by atoms with van der Waals surface area (Å²) in [7, 11) is 0. The van der Waals surface area contributed by atoms with Gasteiger partial charge < -0.3 is 15.5 Å². The SMILES string of the molecule is CCc1ccccc1NC(=O)CN1CCN(C(=O)CN2C(=O)N[C@@](C)(CC)C2=O)CC1. The lowest BCUT2D eigenvalue weighted by Gasteiger charge is -2.34. The minimum Gasteiger partial charge on any atom is -0.339 e. The summed E-state index contributed by atoms with van der Waals surface area (Å²) >= 11 is 0. The molecule has 0 bridgehead atoms. The molecular weight excluding hydrogens is 398 g/mol. The zero-order valence-electron chi connectivity index (χ0n) is 18.4. The normalized spacial score (nSPS) is 21.9. The molecule has 0 spiro atoms. The molecular formula is C22H31N5O4. The van der Waals surface area contributed by atoms with Crippen LogP contribution in [0.1, 0.15) is 32.8 Å². The molecule has 2 heterocycles. The monoisotopic (exact) mass is 429 g/mol. The molecule has 0 unspecified atom stereocenters. The largest absolute Gasteiger partial charge is 0.339 e. The topological polar surface area (TPSA) is 102 Å². The molecule has 5 amide bonds. The van der Waals surface area contributed by atoms with Crippen molar-refractivity contribution >= 4 is 29.4 Å². The van der Waals surface area contributed by atoms with E-state index in [2.05, 4.69) is 10.6 Å². The number of anilines is 1. The Bertz CT molecular complexity index is 865. The van der Waals surface area contributed by atoms with Crippen LogP contribution in [0.15, 0.2) is 24.3 Å². The van der Waals surface area contributed by atoms with E-state index in [1.165, 1.54) is 0 Å². The van der Waals surface area contributed by atoms with Gasteiger partial charge in [-0.05, 0) is 31.4 Å².